The SMILES string of the molecule is NNc1nc(N2CCCCC2)nc(-n2cccn2)n1. The van der Waals surface area contributed by atoms with E-state index >= 15 is 0 Å². The molecule has 1 aliphatic heterocycles. The highest BCUT2D eigenvalue weighted by molar-refractivity contribution is 5.39. The zero-order valence-electron chi connectivity index (χ0n) is 10.5. The molecule has 1 aliphatic rings. The first-order chi connectivity index (χ1) is 9.36. The molecule has 8 nitrogen and oxygen atoms in total. The molecule has 0 atom stereocenters. The highest BCUT2D eigenvalue weighted by Crippen LogP contribution is 2.17. The molecule has 2 aromatic heterocycles. The van der Waals surface area contributed by atoms with Crippen LogP contribution in [0.1, 0.15) is 19.3 Å². The molecule has 2 aromatic rings. The molecule has 0 aliphatic carbocycles. The topological polar surface area (TPSA) is 97.8 Å². The number of hydrogen-bond donors (Lipinski definition) is 2. The third-order valence-corrected chi connectivity index (χ3v) is 3.09. The maximum Gasteiger partial charge on any atom is 0.257 e. The molecule has 0 spiro atoms. The van der Waals surface area contributed by atoms with Crippen molar-refractivity contribution in [1.82, 2.24) is 24.7 Å². The van der Waals surface area contributed by atoms with Crippen LogP contribution in [0, 0.1) is 0 Å². The Bertz CT molecular complexity index is 532. The minimum atomic E-state index is 0.348. The molecule has 1 fully saturated rings. The van der Waals surface area contributed by atoms with E-state index in [4.69, 9.17) is 5.84 Å². The maximum absolute atomic E-state index is 5.42. The average molecular weight is 260 g/mol. The zero-order chi connectivity index (χ0) is 13.1. The molecule has 3 N–H and O–H groups in total. The number of nitrogens with two attached hydrogens (primary N) is 1. The Kier molecular flexibility index (Phi) is 3.23. The number of nitrogens with zero attached hydrogens (tertiary/aromatic N) is 6. The van der Waals surface area contributed by atoms with Crippen LogP contribution in [0.3, 0.4) is 0 Å². The number of piperidine rings is 1. The minimum Gasteiger partial charge on any atom is -0.341 e. The van der Waals surface area contributed by atoms with Crippen LogP contribution in [0.25, 0.3) is 5.95 Å². The lowest BCUT2D eigenvalue weighted by Gasteiger charge is -2.26. The lowest BCUT2D eigenvalue weighted by molar-refractivity contribution is 0.566. The van der Waals surface area contributed by atoms with E-state index in [-0.39, 0.29) is 0 Å². The van der Waals surface area contributed by atoms with Crippen LogP contribution in [0.2, 0.25) is 0 Å². The summed E-state index contributed by atoms with van der Waals surface area (Å²) < 4.78 is 1.59. The fourth-order valence-corrected chi connectivity index (χ4v) is 2.14. The summed E-state index contributed by atoms with van der Waals surface area (Å²) in [5.41, 5.74) is 2.48. The molecule has 1 saturated heterocycles. The number of aromatic nitrogens is 5. The predicted octanol–water partition coefficient (Wildman–Crippen LogP) is 0.333. The van der Waals surface area contributed by atoms with Crippen LogP contribution >= 0.6 is 0 Å². The maximum atomic E-state index is 5.42. The summed E-state index contributed by atoms with van der Waals surface area (Å²) in [6.45, 7) is 1.93. The van der Waals surface area contributed by atoms with E-state index in [0.29, 0.717) is 17.8 Å². The van der Waals surface area contributed by atoms with Gasteiger partial charge in [0, 0.05) is 25.5 Å². The first kappa shape index (κ1) is 11.8. The van der Waals surface area contributed by atoms with E-state index in [1.807, 2.05) is 6.07 Å². The van der Waals surface area contributed by atoms with Gasteiger partial charge in [0.2, 0.25) is 11.9 Å². The van der Waals surface area contributed by atoms with Gasteiger partial charge in [-0.2, -0.15) is 20.1 Å². The Morgan fingerprint density at radius 3 is 2.53 bits per heavy atom. The van der Waals surface area contributed by atoms with Gasteiger partial charge in [-0.05, 0) is 25.3 Å². The molecule has 100 valence electrons. The fourth-order valence-electron chi connectivity index (χ4n) is 2.14. The van der Waals surface area contributed by atoms with Gasteiger partial charge in [-0.3, -0.25) is 5.43 Å². The summed E-state index contributed by atoms with van der Waals surface area (Å²) in [4.78, 5) is 15.1. The average Bonchev–Trinajstić information content (AvgIpc) is 3.02. The molecule has 0 unspecified atom stereocenters. The van der Waals surface area contributed by atoms with Gasteiger partial charge in [-0.15, -0.1) is 0 Å². The van der Waals surface area contributed by atoms with Crippen LogP contribution in [-0.2, 0) is 0 Å². The zero-order valence-corrected chi connectivity index (χ0v) is 10.5. The van der Waals surface area contributed by atoms with Gasteiger partial charge in [0.15, 0.2) is 0 Å². The lowest BCUT2D eigenvalue weighted by atomic mass is 10.1. The van der Waals surface area contributed by atoms with Gasteiger partial charge in [0.05, 0.1) is 0 Å². The Hall–Kier alpha value is -2.22. The normalized spacial score (nSPS) is 15.5. The second-order valence-electron chi connectivity index (χ2n) is 4.40. The van der Waals surface area contributed by atoms with Gasteiger partial charge in [0.25, 0.3) is 5.95 Å². The van der Waals surface area contributed by atoms with Crippen molar-refractivity contribution in [2.45, 2.75) is 19.3 Å². The van der Waals surface area contributed by atoms with Gasteiger partial charge in [0.1, 0.15) is 0 Å². The molecular weight excluding hydrogens is 244 g/mol. The number of hydrazine groups is 1. The first-order valence-corrected chi connectivity index (χ1v) is 6.34. The molecule has 0 bridgehead atoms. The van der Waals surface area contributed by atoms with Gasteiger partial charge in [-0.25, -0.2) is 10.5 Å². The van der Waals surface area contributed by atoms with Gasteiger partial charge >= 0.3 is 0 Å². The van der Waals surface area contributed by atoms with Crippen molar-refractivity contribution in [2.24, 2.45) is 5.84 Å². The second-order valence-corrected chi connectivity index (χ2v) is 4.40. The minimum absolute atomic E-state index is 0.348. The molecule has 0 radical (unpaired) electrons. The third kappa shape index (κ3) is 2.48. The predicted molar refractivity (Wildman–Crippen MR) is 70.8 cm³/mol. The summed E-state index contributed by atoms with van der Waals surface area (Å²) in [6.07, 6.45) is 7.05. The molecular formula is C11H16N8. The number of anilines is 2. The standard InChI is InChI=1S/C11H16N8/c12-17-9-14-10(18-6-2-1-3-7-18)16-11(15-9)19-8-4-5-13-19/h4-5,8H,1-3,6-7,12H2,(H,14,15,16,17). The number of nitrogen functional groups attached to an aromatic ring is 1. The van der Waals surface area contributed by atoms with Crippen LogP contribution < -0.4 is 16.2 Å². The molecule has 3 heterocycles. The molecule has 19 heavy (non-hydrogen) atoms. The number of nitrogens with one attached hydrogen (secondary N) is 1. The smallest absolute Gasteiger partial charge is 0.257 e. The van der Waals surface area contributed by atoms with Gasteiger partial charge < -0.3 is 4.90 Å². The third-order valence-electron chi connectivity index (χ3n) is 3.09. The fraction of sp³-hybridized carbons (Fsp3) is 0.455. The van der Waals surface area contributed by atoms with Crippen LogP contribution in [0.15, 0.2) is 18.5 Å². The van der Waals surface area contributed by atoms with Crippen molar-refractivity contribution < 1.29 is 0 Å². The van der Waals surface area contributed by atoms with Gasteiger partial charge in [-0.1, -0.05) is 0 Å². The van der Waals surface area contributed by atoms with Crippen molar-refractivity contribution in [3.8, 4) is 5.95 Å². The molecule has 0 aromatic carbocycles. The largest absolute Gasteiger partial charge is 0.341 e. The van der Waals surface area contributed by atoms with E-state index in [2.05, 4.69) is 30.4 Å². The Balaban J connectivity index is 1.97. The van der Waals surface area contributed by atoms with Crippen LogP contribution in [-0.4, -0.2) is 37.8 Å². The second kappa shape index (κ2) is 5.19. The van der Waals surface area contributed by atoms with Crippen molar-refractivity contribution in [1.29, 1.82) is 0 Å². The Morgan fingerprint density at radius 2 is 1.84 bits per heavy atom. The summed E-state index contributed by atoms with van der Waals surface area (Å²) in [7, 11) is 0. The van der Waals surface area contributed by atoms with E-state index in [0.717, 1.165) is 25.9 Å². The van der Waals surface area contributed by atoms with E-state index in [1.165, 1.54) is 6.42 Å². The number of rotatable bonds is 3. The summed E-state index contributed by atoms with van der Waals surface area (Å²) >= 11 is 0. The molecule has 3 rings (SSSR count). The van der Waals surface area contributed by atoms with Crippen molar-refractivity contribution in [2.75, 3.05) is 23.4 Å². The van der Waals surface area contributed by atoms with E-state index in [1.54, 1.807) is 17.1 Å². The number of hydrogen-bond acceptors (Lipinski definition) is 7. The summed E-state index contributed by atoms with van der Waals surface area (Å²) in [5, 5.41) is 4.12. The Morgan fingerprint density at radius 1 is 1.05 bits per heavy atom. The molecule has 0 saturated carbocycles. The quantitative estimate of drug-likeness (QED) is 0.606. The lowest BCUT2D eigenvalue weighted by Crippen LogP contribution is -2.32. The highest BCUT2D eigenvalue weighted by Gasteiger charge is 2.16. The van der Waals surface area contributed by atoms with Crippen molar-refractivity contribution in [3.05, 3.63) is 18.5 Å². The summed E-state index contributed by atoms with van der Waals surface area (Å²) in [6, 6.07) is 1.82. The first-order valence-electron chi connectivity index (χ1n) is 6.34. The van der Waals surface area contributed by atoms with Crippen molar-refractivity contribution in [3.63, 3.8) is 0 Å². The monoisotopic (exact) mass is 260 g/mol. The van der Waals surface area contributed by atoms with Crippen LogP contribution in [0.4, 0.5) is 11.9 Å². The Labute approximate surface area is 110 Å². The van der Waals surface area contributed by atoms with Crippen LogP contribution in [0.5, 0.6) is 0 Å². The van der Waals surface area contributed by atoms with Crippen molar-refractivity contribution >= 4 is 11.9 Å². The highest BCUT2D eigenvalue weighted by atomic mass is 15.4. The van der Waals surface area contributed by atoms with E-state index < -0.39 is 0 Å². The molecule has 8 heteroatoms. The molecule has 0 amide bonds. The summed E-state index contributed by atoms with van der Waals surface area (Å²) in [5.74, 6) is 6.88. The van der Waals surface area contributed by atoms with E-state index in [9.17, 15) is 0 Å².